The standard InChI is InChI=1S/C43H66N2.2C4H9.Pd/c1-9-14-19-20-21-22-27-41-40(26-18-13-5)43(45(44)42(41)37-28-32(6)34(8)33(7)29-37)38-30-35(23-15-10-2)39(25-17-12-4)36(31-38)24-16-11-3;2*1-3-4-2;/h28-31H,9-27H2,1-8H3;2*1,3-4H2,2H3;. The van der Waals surface area contributed by atoms with Crippen LogP contribution in [0.4, 0.5) is 0 Å². The molecule has 0 bridgehead atoms. The Morgan fingerprint density at radius 1 is 0.444 bits per heavy atom. The zero-order valence-electron chi connectivity index (χ0n) is 37.2. The summed E-state index contributed by atoms with van der Waals surface area (Å²) in [7, 11) is 0. The van der Waals surface area contributed by atoms with E-state index >= 15 is 0 Å². The average Bonchev–Trinajstić information content (AvgIpc) is 3.45. The van der Waals surface area contributed by atoms with Crippen LogP contribution in [0.15, 0.2) is 35.4 Å². The Bertz CT molecular complexity index is 1390. The van der Waals surface area contributed by atoms with Gasteiger partial charge in [0.1, 0.15) is 0 Å². The van der Waals surface area contributed by atoms with Crippen molar-refractivity contribution >= 4 is 11.4 Å². The van der Waals surface area contributed by atoms with Crippen LogP contribution in [0.2, 0.25) is 9.79 Å². The fourth-order valence-electron chi connectivity index (χ4n) is 7.64. The molecule has 1 aliphatic rings. The van der Waals surface area contributed by atoms with Gasteiger partial charge in [-0.15, -0.1) is 0 Å². The third-order valence-electron chi connectivity index (χ3n) is 11.4. The molecule has 2 aromatic carbocycles. The Kier molecular flexibility index (Phi) is 25.6. The molecule has 1 heterocycles. The summed E-state index contributed by atoms with van der Waals surface area (Å²) >= 11 is 1.07. The summed E-state index contributed by atoms with van der Waals surface area (Å²) in [6.07, 6.45) is 28.5. The predicted molar refractivity (Wildman–Crippen MR) is 237 cm³/mol. The van der Waals surface area contributed by atoms with Gasteiger partial charge in [-0.05, 0) is 143 Å². The van der Waals surface area contributed by atoms with Gasteiger partial charge in [-0.2, -0.15) is 0 Å². The number of nitrogens with zero attached hydrogens (tertiary/aromatic N) is 2. The molecule has 308 valence electrons. The Balaban J connectivity index is 0.000000990. The van der Waals surface area contributed by atoms with Crippen LogP contribution in [0.25, 0.3) is 16.9 Å². The molecule has 0 fully saturated rings. The molecule has 0 N–H and O–H groups in total. The van der Waals surface area contributed by atoms with Crippen LogP contribution in [-0.2, 0) is 37.2 Å². The Morgan fingerprint density at radius 3 is 1.31 bits per heavy atom. The third kappa shape index (κ3) is 15.6. The minimum atomic E-state index is 1.02. The van der Waals surface area contributed by atoms with Crippen molar-refractivity contribution in [1.29, 1.82) is 0 Å². The van der Waals surface area contributed by atoms with E-state index < -0.39 is 0 Å². The quantitative estimate of drug-likeness (QED) is 0.0487. The Hall–Kier alpha value is -1.82. The molecule has 1 aliphatic heterocycles. The maximum absolute atomic E-state index is 12.4. The summed E-state index contributed by atoms with van der Waals surface area (Å²) in [5, 5.41) is 0. The van der Waals surface area contributed by atoms with Gasteiger partial charge >= 0.3 is 67.3 Å². The van der Waals surface area contributed by atoms with E-state index in [1.165, 1.54) is 169 Å². The van der Waals surface area contributed by atoms with Crippen molar-refractivity contribution in [3.63, 3.8) is 0 Å². The van der Waals surface area contributed by atoms with Crippen LogP contribution in [0.5, 0.6) is 0 Å². The first-order valence-electron chi connectivity index (χ1n) is 22.9. The molecule has 0 saturated carbocycles. The second-order valence-corrected chi connectivity index (χ2v) is 18.4. The Labute approximate surface area is 344 Å². The zero-order valence-corrected chi connectivity index (χ0v) is 38.8. The van der Waals surface area contributed by atoms with Crippen LogP contribution in [0, 0.1) is 20.8 Å². The second kappa shape index (κ2) is 28.6. The van der Waals surface area contributed by atoms with E-state index in [9.17, 15) is 5.53 Å². The second-order valence-electron chi connectivity index (χ2n) is 16.1. The Morgan fingerprint density at radius 2 is 0.833 bits per heavy atom. The van der Waals surface area contributed by atoms with Crippen molar-refractivity contribution < 1.29 is 22.7 Å². The molecule has 2 aromatic rings. The van der Waals surface area contributed by atoms with Crippen molar-refractivity contribution in [3.05, 3.63) is 85.5 Å². The van der Waals surface area contributed by atoms with Gasteiger partial charge in [-0.25, -0.2) is 4.70 Å². The molecule has 3 heteroatoms. The molecule has 0 aliphatic carbocycles. The average molecular weight is 832 g/mol. The summed E-state index contributed by atoms with van der Waals surface area (Å²) < 4.78 is 1.63. The van der Waals surface area contributed by atoms with E-state index in [1.807, 2.05) is 0 Å². The molecule has 0 atom stereocenters. The number of unbranched alkanes of at least 4 members (excludes halogenated alkanes) is 11. The number of hydrogen-bond donors (Lipinski definition) is 0. The third-order valence-corrected chi connectivity index (χ3v) is 13.6. The monoisotopic (exact) mass is 831 g/mol. The topological polar surface area (TPSA) is 25.3 Å². The summed E-state index contributed by atoms with van der Waals surface area (Å²) in [5.74, 6) is 0. The molecule has 0 spiro atoms. The number of hydrogen-bond acceptors (Lipinski definition) is 0. The van der Waals surface area contributed by atoms with E-state index in [2.05, 4.69) is 93.5 Å². The van der Waals surface area contributed by atoms with Gasteiger partial charge < -0.3 is 5.53 Å². The maximum atomic E-state index is 12.4. The van der Waals surface area contributed by atoms with Crippen molar-refractivity contribution in [2.45, 2.75) is 227 Å². The van der Waals surface area contributed by atoms with Crippen LogP contribution < -0.4 is 0 Å². The summed E-state index contributed by atoms with van der Waals surface area (Å²) in [6.45, 7) is 22.7. The van der Waals surface area contributed by atoms with Crippen LogP contribution >= 0.6 is 0 Å². The molecule has 3 rings (SSSR count). The summed E-state index contributed by atoms with van der Waals surface area (Å²) in [6, 6.07) is 9.60. The predicted octanol–water partition coefficient (Wildman–Crippen LogP) is 17.3. The first-order valence-corrected chi connectivity index (χ1v) is 25.1. The molecule has 0 unspecified atom stereocenters. The van der Waals surface area contributed by atoms with Crippen LogP contribution in [0.1, 0.15) is 221 Å². The van der Waals surface area contributed by atoms with E-state index in [1.54, 1.807) is 10.3 Å². The molecule has 0 radical (unpaired) electrons. The fraction of sp³-hybridized carbons (Fsp3) is 0.686. The van der Waals surface area contributed by atoms with Crippen molar-refractivity contribution in [2.75, 3.05) is 0 Å². The molecule has 54 heavy (non-hydrogen) atoms. The molecule has 0 amide bonds. The molecular formula is C51H84N2Pd. The van der Waals surface area contributed by atoms with Crippen molar-refractivity contribution in [2.24, 2.45) is 0 Å². The van der Waals surface area contributed by atoms with Crippen LogP contribution in [-0.4, -0.2) is 4.70 Å². The van der Waals surface area contributed by atoms with Gasteiger partial charge in [0, 0.05) is 22.3 Å². The zero-order chi connectivity index (χ0) is 39.7. The SMILES string of the molecule is CCCCCCCCC1=C(c2cc(C)c(C)c(C)c2)[N+](=[N-])C(c2cc(CCCC)c(CCCC)c(CCCC)c2)=C1CCCC.CCC[CH2][Pd][CH2]CCC. The number of aryl methyl sites for hydroxylation is 4. The van der Waals surface area contributed by atoms with Gasteiger partial charge in [-0.3, -0.25) is 0 Å². The molecule has 2 nitrogen and oxygen atoms in total. The van der Waals surface area contributed by atoms with Crippen molar-refractivity contribution in [3.8, 4) is 0 Å². The van der Waals surface area contributed by atoms with E-state index in [0.29, 0.717) is 0 Å². The van der Waals surface area contributed by atoms with E-state index in [4.69, 9.17) is 0 Å². The van der Waals surface area contributed by atoms with Gasteiger partial charge in [0.05, 0.1) is 0 Å². The van der Waals surface area contributed by atoms with Gasteiger partial charge in [0.2, 0.25) is 11.4 Å². The minimum absolute atomic E-state index is 1.02. The number of rotatable bonds is 27. The molecule has 0 saturated heterocycles. The van der Waals surface area contributed by atoms with Gasteiger partial charge in [0.25, 0.3) is 0 Å². The first kappa shape index (κ1) is 48.3. The number of benzene rings is 2. The van der Waals surface area contributed by atoms with Crippen LogP contribution in [0.3, 0.4) is 0 Å². The van der Waals surface area contributed by atoms with E-state index in [-0.39, 0.29) is 0 Å². The molecule has 0 aromatic heterocycles. The summed E-state index contributed by atoms with van der Waals surface area (Å²) in [4.78, 5) is 3.01. The molecular weight excluding hydrogens is 747 g/mol. The normalized spacial score (nSPS) is 13.0. The van der Waals surface area contributed by atoms with E-state index in [0.717, 1.165) is 67.9 Å². The fourth-order valence-corrected chi connectivity index (χ4v) is 9.91. The van der Waals surface area contributed by atoms with Gasteiger partial charge in [0.15, 0.2) is 0 Å². The van der Waals surface area contributed by atoms with Crippen molar-refractivity contribution in [1.82, 2.24) is 0 Å². The summed E-state index contributed by atoms with van der Waals surface area (Å²) in [5.41, 5.74) is 28.3. The van der Waals surface area contributed by atoms with Gasteiger partial charge in [-0.1, -0.05) is 92.4 Å². The number of allylic oxidation sites excluding steroid dienone is 2. The first-order chi connectivity index (χ1) is 26.2.